The van der Waals surface area contributed by atoms with Crippen LogP contribution in [0.5, 0.6) is 0 Å². The summed E-state index contributed by atoms with van der Waals surface area (Å²) in [6.45, 7) is 6.74. The number of aromatic nitrogens is 3. The molecular formula is C19H23N5O4S2. The molecule has 30 heavy (non-hydrogen) atoms. The van der Waals surface area contributed by atoms with Crippen molar-refractivity contribution in [1.82, 2.24) is 15.2 Å². The van der Waals surface area contributed by atoms with Gasteiger partial charge in [0.15, 0.2) is 5.82 Å². The minimum atomic E-state index is -4.00. The van der Waals surface area contributed by atoms with Crippen LogP contribution in [0.4, 0.5) is 11.4 Å². The van der Waals surface area contributed by atoms with Crippen molar-refractivity contribution in [3.63, 3.8) is 0 Å². The van der Waals surface area contributed by atoms with E-state index in [1.165, 1.54) is 0 Å². The summed E-state index contributed by atoms with van der Waals surface area (Å²) in [5, 5.41) is 6.84. The highest BCUT2D eigenvalue weighted by molar-refractivity contribution is 7.93. The lowest BCUT2D eigenvalue weighted by Crippen LogP contribution is -2.19. The number of hydrogen-bond acceptors (Lipinski definition) is 6. The molecule has 11 heteroatoms. The molecule has 0 aliphatic rings. The van der Waals surface area contributed by atoms with Crippen LogP contribution in [0.25, 0.3) is 11.4 Å². The Labute approximate surface area is 176 Å². The van der Waals surface area contributed by atoms with Crippen molar-refractivity contribution >= 4 is 31.4 Å². The molecular weight excluding hydrogens is 426 g/mol. The first-order valence-corrected chi connectivity index (χ1v) is 12.4. The molecule has 2 aromatic carbocycles. The van der Waals surface area contributed by atoms with Crippen LogP contribution in [-0.4, -0.2) is 38.3 Å². The van der Waals surface area contributed by atoms with Crippen LogP contribution in [0.1, 0.15) is 22.5 Å². The van der Waals surface area contributed by atoms with E-state index in [0.29, 0.717) is 39.6 Å². The van der Waals surface area contributed by atoms with Gasteiger partial charge >= 0.3 is 0 Å². The van der Waals surface area contributed by atoms with Crippen LogP contribution in [0.15, 0.2) is 35.2 Å². The van der Waals surface area contributed by atoms with Gasteiger partial charge in [-0.05, 0) is 56.5 Å². The number of hydrogen-bond donors (Lipinski definition) is 3. The van der Waals surface area contributed by atoms with Crippen molar-refractivity contribution < 1.29 is 16.8 Å². The number of benzene rings is 2. The molecule has 0 radical (unpaired) electrons. The third kappa shape index (κ3) is 4.62. The first kappa shape index (κ1) is 21.8. The quantitative estimate of drug-likeness (QED) is 0.530. The first-order valence-electron chi connectivity index (χ1n) is 8.98. The normalized spacial score (nSPS) is 12.0. The van der Waals surface area contributed by atoms with E-state index in [9.17, 15) is 16.8 Å². The Balaban J connectivity index is 2.03. The van der Waals surface area contributed by atoms with Crippen molar-refractivity contribution in [2.45, 2.75) is 32.6 Å². The lowest BCUT2D eigenvalue weighted by atomic mass is 10.1. The minimum absolute atomic E-state index is 0.0263. The summed E-state index contributed by atoms with van der Waals surface area (Å²) in [4.78, 5) is 4.28. The molecule has 3 N–H and O–H groups in total. The lowest BCUT2D eigenvalue weighted by Gasteiger charge is -2.19. The third-order valence-electron chi connectivity index (χ3n) is 4.43. The molecule has 1 aromatic heterocycles. The predicted molar refractivity (Wildman–Crippen MR) is 116 cm³/mol. The van der Waals surface area contributed by atoms with Gasteiger partial charge in [0, 0.05) is 11.3 Å². The number of nitrogens with one attached hydrogen (secondary N) is 3. The molecule has 9 nitrogen and oxygen atoms in total. The van der Waals surface area contributed by atoms with E-state index in [1.54, 1.807) is 58.0 Å². The van der Waals surface area contributed by atoms with Gasteiger partial charge in [0.2, 0.25) is 10.0 Å². The maximum absolute atomic E-state index is 13.2. The van der Waals surface area contributed by atoms with E-state index >= 15 is 0 Å². The molecule has 0 atom stereocenters. The topological polar surface area (TPSA) is 134 Å². The standard InChI is InChI=1S/C19H23N5O4S2/c1-11-9-12(2)18(13(3)17(11)24-29(5,25)26)30(27,28)23-16-8-6-7-15(10-16)19-20-14(4)21-22-19/h6-10,23-24H,1-5H3,(H,20,21,22). The van der Waals surface area contributed by atoms with Crippen molar-refractivity contribution in [1.29, 1.82) is 0 Å². The number of aromatic amines is 1. The van der Waals surface area contributed by atoms with Crippen molar-refractivity contribution in [2.75, 3.05) is 15.7 Å². The van der Waals surface area contributed by atoms with E-state index in [-0.39, 0.29) is 10.6 Å². The van der Waals surface area contributed by atoms with Crippen molar-refractivity contribution in [3.05, 3.63) is 52.8 Å². The van der Waals surface area contributed by atoms with Gasteiger partial charge in [0.1, 0.15) is 5.82 Å². The van der Waals surface area contributed by atoms with Crippen molar-refractivity contribution in [3.8, 4) is 11.4 Å². The third-order valence-corrected chi connectivity index (χ3v) is 6.67. The summed E-state index contributed by atoms with van der Waals surface area (Å²) in [6, 6.07) is 8.37. The second-order valence-corrected chi connectivity index (χ2v) is 10.5. The summed E-state index contributed by atoms with van der Waals surface area (Å²) in [5.74, 6) is 1.10. The van der Waals surface area contributed by atoms with Crippen LogP contribution >= 0.6 is 0 Å². The second-order valence-electron chi connectivity index (χ2n) is 7.14. The van der Waals surface area contributed by atoms with Crippen LogP contribution in [0, 0.1) is 27.7 Å². The Morgan fingerprint density at radius 2 is 1.63 bits per heavy atom. The SMILES string of the molecule is Cc1nc(-c2cccc(NS(=O)(=O)c3c(C)cc(C)c(NS(C)(=O)=O)c3C)c2)n[nH]1. The average molecular weight is 450 g/mol. The largest absolute Gasteiger partial charge is 0.283 e. The van der Waals surface area contributed by atoms with Gasteiger partial charge in [0.05, 0.1) is 16.8 Å². The van der Waals surface area contributed by atoms with E-state index in [2.05, 4.69) is 24.6 Å². The number of sulfonamides is 2. The molecule has 0 unspecified atom stereocenters. The van der Waals surface area contributed by atoms with Crippen LogP contribution in [0.2, 0.25) is 0 Å². The molecule has 0 aliphatic carbocycles. The second kappa shape index (κ2) is 7.73. The zero-order valence-corrected chi connectivity index (χ0v) is 18.9. The molecule has 0 fully saturated rings. The van der Waals surface area contributed by atoms with Crippen LogP contribution in [0.3, 0.4) is 0 Å². The fourth-order valence-corrected chi connectivity index (χ4v) is 5.54. The molecule has 3 aromatic rings. The van der Waals surface area contributed by atoms with Gasteiger partial charge in [-0.15, -0.1) is 0 Å². The zero-order chi connectivity index (χ0) is 22.3. The van der Waals surface area contributed by atoms with E-state index in [4.69, 9.17) is 0 Å². The molecule has 0 aliphatic heterocycles. The monoisotopic (exact) mass is 449 g/mol. The minimum Gasteiger partial charge on any atom is -0.283 e. The zero-order valence-electron chi connectivity index (χ0n) is 17.2. The summed E-state index contributed by atoms with van der Waals surface area (Å²) < 4.78 is 54.8. The molecule has 0 saturated heterocycles. The van der Waals surface area contributed by atoms with E-state index < -0.39 is 20.0 Å². The van der Waals surface area contributed by atoms with Gasteiger partial charge in [-0.25, -0.2) is 21.8 Å². The van der Waals surface area contributed by atoms with Crippen molar-refractivity contribution in [2.24, 2.45) is 0 Å². The van der Waals surface area contributed by atoms with Gasteiger partial charge in [0.25, 0.3) is 10.0 Å². The first-order chi connectivity index (χ1) is 13.9. The van der Waals surface area contributed by atoms with Crippen LogP contribution in [-0.2, 0) is 20.0 Å². The fourth-order valence-electron chi connectivity index (χ4n) is 3.32. The number of H-pyrrole nitrogens is 1. The highest BCUT2D eigenvalue weighted by atomic mass is 32.2. The van der Waals surface area contributed by atoms with Gasteiger partial charge < -0.3 is 0 Å². The Kier molecular flexibility index (Phi) is 5.61. The fraction of sp³-hybridized carbons (Fsp3) is 0.263. The summed E-state index contributed by atoms with van der Waals surface area (Å²) in [7, 11) is -7.57. The predicted octanol–water partition coefficient (Wildman–Crippen LogP) is 2.88. The molecule has 0 spiro atoms. The maximum Gasteiger partial charge on any atom is 0.262 e. The Hall–Kier alpha value is -2.92. The summed E-state index contributed by atoms with van der Waals surface area (Å²) in [5.41, 5.74) is 2.72. The van der Waals surface area contributed by atoms with Gasteiger partial charge in [-0.3, -0.25) is 14.5 Å². The molecule has 1 heterocycles. The molecule has 160 valence electrons. The number of anilines is 2. The van der Waals surface area contributed by atoms with Gasteiger partial charge in [-0.2, -0.15) is 5.10 Å². The Bertz CT molecular complexity index is 1330. The molecule has 3 rings (SSSR count). The molecule has 0 amide bonds. The number of rotatable bonds is 6. The lowest BCUT2D eigenvalue weighted by molar-refractivity contribution is 0.599. The summed E-state index contributed by atoms with van der Waals surface area (Å²) in [6.07, 6.45) is 1.02. The Morgan fingerprint density at radius 3 is 2.23 bits per heavy atom. The highest BCUT2D eigenvalue weighted by Crippen LogP contribution is 2.32. The summed E-state index contributed by atoms with van der Waals surface area (Å²) >= 11 is 0. The smallest absolute Gasteiger partial charge is 0.262 e. The van der Waals surface area contributed by atoms with E-state index in [1.807, 2.05) is 0 Å². The van der Waals surface area contributed by atoms with E-state index in [0.717, 1.165) is 6.26 Å². The molecule has 0 saturated carbocycles. The number of nitrogens with zero attached hydrogens (tertiary/aromatic N) is 2. The Morgan fingerprint density at radius 1 is 0.933 bits per heavy atom. The maximum atomic E-state index is 13.2. The molecule has 0 bridgehead atoms. The number of aryl methyl sites for hydroxylation is 3. The average Bonchev–Trinajstić information content (AvgIpc) is 3.03. The van der Waals surface area contributed by atoms with Gasteiger partial charge in [-0.1, -0.05) is 18.2 Å². The van der Waals surface area contributed by atoms with Crippen LogP contribution < -0.4 is 9.44 Å². The highest BCUT2D eigenvalue weighted by Gasteiger charge is 2.24.